The summed E-state index contributed by atoms with van der Waals surface area (Å²) in [5.74, 6) is -1.10. The first kappa shape index (κ1) is 18.8. The Hall–Kier alpha value is -4.01. The Kier molecular flexibility index (Phi) is 5.45. The van der Waals surface area contributed by atoms with Crippen LogP contribution >= 0.6 is 0 Å². The van der Waals surface area contributed by atoms with E-state index in [0.717, 1.165) is 22.8 Å². The van der Waals surface area contributed by atoms with Crippen LogP contribution in [0.5, 0.6) is 5.88 Å². The van der Waals surface area contributed by atoms with E-state index in [1.54, 1.807) is 12.1 Å². The second kappa shape index (κ2) is 8.12. The van der Waals surface area contributed by atoms with Gasteiger partial charge in [0, 0.05) is 18.0 Å². The Balaban J connectivity index is 1.92. The lowest BCUT2D eigenvalue weighted by atomic mass is 10.1. The molecule has 0 fully saturated rings. The van der Waals surface area contributed by atoms with Crippen molar-refractivity contribution in [2.75, 3.05) is 0 Å². The van der Waals surface area contributed by atoms with E-state index in [2.05, 4.69) is 20.5 Å². The molecule has 3 aromatic rings. The molecule has 3 rings (SSSR count). The van der Waals surface area contributed by atoms with Gasteiger partial charge in [-0.1, -0.05) is 19.1 Å². The summed E-state index contributed by atoms with van der Waals surface area (Å²) >= 11 is 0. The van der Waals surface area contributed by atoms with Gasteiger partial charge in [-0.15, -0.1) is 0 Å². The number of aromatic nitrogens is 3. The summed E-state index contributed by atoms with van der Waals surface area (Å²) < 4.78 is 0.951. The minimum atomic E-state index is -0.828. The van der Waals surface area contributed by atoms with E-state index >= 15 is 0 Å². The number of carbonyl (C=O) groups excluding carboxylic acids is 1. The molecule has 2 heterocycles. The number of hydrogen-bond acceptors (Lipinski definition) is 6. The SMILES string of the molecule is CCc1ccc(-n2c(O)c(/C=N/NC(=O)c3ccncc3)c(=O)[nH]c2=O)cc1. The standard InChI is InChI=1S/C19H17N5O4/c1-2-12-3-5-14(6-4-12)24-18(27)15(17(26)22-19(24)28)11-21-23-16(25)13-7-9-20-10-8-13/h3-11,27H,2H2,1H3,(H,23,25)(H,22,26,28)/b21-11+. The highest BCUT2D eigenvalue weighted by Gasteiger charge is 2.14. The van der Waals surface area contributed by atoms with Crippen molar-refractivity contribution in [2.45, 2.75) is 13.3 Å². The molecule has 1 aromatic carbocycles. The van der Waals surface area contributed by atoms with Gasteiger partial charge in [0.1, 0.15) is 5.56 Å². The summed E-state index contributed by atoms with van der Waals surface area (Å²) in [6, 6.07) is 9.93. The maximum absolute atomic E-state index is 12.2. The fourth-order valence-electron chi connectivity index (χ4n) is 2.50. The first-order chi connectivity index (χ1) is 13.5. The van der Waals surface area contributed by atoms with Crippen molar-refractivity contribution in [3.8, 4) is 11.6 Å². The predicted molar refractivity (Wildman–Crippen MR) is 103 cm³/mol. The summed E-state index contributed by atoms with van der Waals surface area (Å²) in [5, 5.41) is 14.1. The Morgan fingerprint density at radius 3 is 2.54 bits per heavy atom. The third kappa shape index (κ3) is 3.88. The number of benzene rings is 1. The minimum Gasteiger partial charge on any atom is -0.493 e. The Morgan fingerprint density at radius 1 is 1.21 bits per heavy atom. The molecule has 0 aliphatic heterocycles. The number of hydrogen-bond donors (Lipinski definition) is 3. The largest absolute Gasteiger partial charge is 0.493 e. The van der Waals surface area contributed by atoms with Gasteiger partial charge in [-0.05, 0) is 36.2 Å². The molecule has 0 unspecified atom stereocenters. The number of pyridine rings is 1. The van der Waals surface area contributed by atoms with Crippen LogP contribution in [0.15, 0.2) is 63.5 Å². The Morgan fingerprint density at radius 2 is 1.89 bits per heavy atom. The van der Waals surface area contributed by atoms with Gasteiger partial charge in [-0.2, -0.15) is 5.10 Å². The van der Waals surface area contributed by atoms with Gasteiger partial charge < -0.3 is 5.11 Å². The number of nitrogens with zero attached hydrogens (tertiary/aromatic N) is 3. The molecule has 1 amide bonds. The highest BCUT2D eigenvalue weighted by Crippen LogP contribution is 2.16. The van der Waals surface area contributed by atoms with Crippen LogP contribution in [0.25, 0.3) is 5.69 Å². The number of rotatable bonds is 5. The van der Waals surface area contributed by atoms with Gasteiger partial charge in [-0.25, -0.2) is 14.8 Å². The number of hydrazone groups is 1. The van der Waals surface area contributed by atoms with Crippen LogP contribution in [0.3, 0.4) is 0 Å². The average Bonchev–Trinajstić information content (AvgIpc) is 2.71. The van der Waals surface area contributed by atoms with E-state index in [-0.39, 0.29) is 5.56 Å². The topological polar surface area (TPSA) is 129 Å². The van der Waals surface area contributed by atoms with Crippen LogP contribution in [0.4, 0.5) is 0 Å². The maximum atomic E-state index is 12.2. The zero-order valence-electron chi connectivity index (χ0n) is 14.9. The summed E-state index contributed by atoms with van der Waals surface area (Å²) in [6.45, 7) is 1.99. The first-order valence-corrected chi connectivity index (χ1v) is 8.42. The van der Waals surface area contributed by atoms with Crippen LogP contribution in [0.2, 0.25) is 0 Å². The number of aromatic amines is 1. The minimum absolute atomic E-state index is 0.269. The second-order valence-corrected chi connectivity index (χ2v) is 5.79. The van der Waals surface area contributed by atoms with Gasteiger partial charge >= 0.3 is 5.69 Å². The number of H-pyrrole nitrogens is 1. The van der Waals surface area contributed by atoms with E-state index in [1.165, 1.54) is 24.5 Å². The molecule has 0 radical (unpaired) electrons. The van der Waals surface area contributed by atoms with Gasteiger partial charge in [0.05, 0.1) is 11.9 Å². The molecular formula is C19H17N5O4. The highest BCUT2D eigenvalue weighted by atomic mass is 16.3. The highest BCUT2D eigenvalue weighted by molar-refractivity contribution is 5.94. The maximum Gasteiger partial charge on any atom is 0.335 e. The molecule has 2 aromatic heterocycles. The van der Waals surface area contributed by atoms with Crippen molar-refractivity contribution in [3.63, 3.8) is 0 Å². The third-order valence-electron chi connectivity index (χ3n) is 4.03. The van der Waals surface area contributed by atoms with Crippen molar-refractivity contribution in [2.24, 2.45) is 5.10 Å². The van der Waals surface area contributed by atoms with Crippen molar-refractivity contribution in [1.82, 2.24) is 20.0 Å². The summed E-state index contributed by atoms with van der Waals surface area (Å²) in [5.41, 5.74) is 2.12. The van der Waals surface area contributed by atoms with Crippen LogP contribution < -0.4 is 16.7 Å². The van der Waals surface area contributed by atoms with Crippen LogP contribution in [-0.4, -0.2) is 31.8 Å². The number of aromatic hydroxyl groups is 1. The lowest BCUT2D eigenvalue weighted by Gasteiger charge is -2.10. The molecule has 0 aliphatic rings. The van der Waals surface area contributed by atoms with Gasteiger partial charge in [0.15, 0.2) is 0 Å². The molecular weight excluding hydrogens is 362 g/mol. The van der Waals surface area contributed by atoms with Crippen LogP contribution in [0.1, 0.15) is 28.4 Å². The molecule has 9 heteroatoms. The Labute approximate surface area is 159 Å². The molecule has 0 aliphatic carbocycles. The predicted octanol–water partition coefficient (Wildman–Crippen LogP) is 0.953. The number of aryl methyl sites for hydroxylation is 1. The molecule has 0 spiro atoms. The molecule has 0 atom stereocenters. The molecule has 142 valence electrons. The third-order valence-corrected chi connectivity index (χ3v) is 4.03. The quantitative estimate of drug-likeness (QED) is 0.449. The fourth-order valence-corrected chi connectivity index (χ4v) is 2.50. The lowest BCUT2D eigenvalue weighted by molar-refractivity contribution is 0.0955. The van der Waals surface area contributed by atoms with Gasteiger partial charge in [0.2, 0.25) is 5.88 Å². The van der Waals surface area contributed by atoms with Gasteiger partial charge in [-0.3, -0.25) is 19.6 Å². The second-order valence-electron chi connectivity index (χ2n) is 5.79. The molecule has 28 heavy (non-hydrogen) atoms. The first-order valence-electron chi connectivity index (χ1n) is 8.42. The summed E-state index contributed by atoms with van der Waals surface area (Å²) in [4.78, 5) is 42.1. The van der Waals surface area contributed by atoms with Crippen molar-refractivity contribution in [3.05, 3.63) is 86.3 Å². The fraction of sp³-hybridized carbons (Fsp3) is 0.105. The van der Waals surface area contributed by atoms with E-state index in [0.29, 0.717) is 11.3 Å². The van der Waals surface area contributed by atoms with Crippen molar-refractivity contribution in [1.29, 1.82) is 0 Å². The zero-order chi connectivity index (χ0) is 20.1. The van der Waals surface area contributed by atoms with Gasteiger partial charge in [0.25, 0.3) is 11.5 Å². The molecule has 0 bridgehead atoms. The summed E-state index contributed by atoms with van der Waals surface area (Å²) in [7, 11) is 0. The molecule has 0 saturated heterocycles. The monoisotopic (exact) mass is 379 g/mol. The Bertz CT molecular complexity index is 1130. The molecule has 9 nitrogen and oxygen atoms in total. The van der Waals surface area contributed by atoms with Crippen LogP contribution in [0, 0.1) is 0 Å². The van der Waals surface area contributed by atoms with Crippen molar-refractivity contribution < 1.29 is 9.90 Å². The molecule has 0 saturated carbocycles. The van der Waals surface area contributed by atoms with E-state index < -0.39 is 23.0 Å². The number of nitrogens with one attached hydrogen (secondary N) is 2. The number of amides is 1. The van der Waals surface area contributed by atoms with E-state index in [9.17, 15) is 19.5 Å². The van der Waals surface area contributed by atoms with Crippen LogP contribution in [-0.2, 0) is 6.42 Å². The number of carbonyl (C=O) groups is 1. The molecule has 3 N–H and O–H groups in total. The normalized spacial score (nSPS) is 10.9. The summed E-state index contributed by atoms with van der Waals surface area (Å²) in [6.07, 6.45) is 4.70. The van der Waals surface area contributed by atoms with E-state index in [4.69, 9.17) is 0 Å². The van der Waals surface area contributed by atoms with Crippen molar-refractivity contribution >= 4 is 12.1 Å². The average molecular weight is 379 g/mol. The zero-order valence-corrected chi connectivity index (χ0v) is 14.9. The van der Waals surface area contributed by atoms with E-state index in [1.807, 2.05) is 19.1 Å². The lowest BCUT2D eigenvalue weighted by Crippen LogP contribution is -2.31. The smallest absolute Gasteiger partial charge is 0.335 e.